The molecule has 4 aromatic carbocycles. The van der Waals surface area contributed by atoms with Crippen molar-refractivity contribution in [2.24, 2.45) is 0 Å². The van der Waals surface area contributed by atoms with Crippen molar-refractivity contribution in [3.8, 4) is 11.1 Å². The summed E-state index contributed by atoms with van der Waals surface area (Å²) >= 11 is 1.88. The molecular formula is C30H21NS. The summed E-state index contributed by atoms with van der Waals surface area (Å²) < 4.78 is 2.65. The van der Waals surface area contributed by atoms with Gasteiger partial charge < -0.3 is 5.32 Å². The molecule has 0 saturated heterocycles. The number of anilines is 1. The first kappa shape index (κ1) is 18.9. The van der Waals surface area contributed by atoms with Crippen LogP contribution in [0.5, 0.6) is 0 Å². The summed E-state index contributed by atoms with van der Waals surface area (Å²) in [6, 6.07) is 32.4. The molecule has 6 rings (SSSR count). The van der Waals surface area contributed by atoms with Gasteiger partial charge in [-0.15, -0.1) is 11.3 Å². The standard InChI is InChI=1S/C30H21NS/c1-2-10-21(11-3-1)22-12-8-9-19-31-28-15-6-4-13-24(28)23-17-18-26-25-14-5-7-16-29(25)32-30(26)27(23)20-22/h1-20,31H/b12-8-,19-9+,22-20+. The monoisotopic (exact) mass is 427 g/mol. The van der Waals surface area contributed by atoms with Gasteiger partial charge in [0.1, 0.15) is 0 Å². The van der Waals surface area contributed by atoms with Gasteiger partial charge in [-0.2, -0.15) is 0 Å². The summed E-state index contributed by atoms with van der Waals surface area (Å²) in [5, 5.41) is 6.12. The molecule has 0 unspecified atom stereocenters. The van der Waals surface area contributed by atoms with Crippen LogP contribution in [0.25, 0.3) is 42.9 Å². The van der Waals surface area contributed by atoms with Crippen molar-refractivity contribution in [2.75, 3.05) is 5.32 Å². The Bertz CT molecular complexity index is 1530. The summed E-state index contributed by atoms with van der Waals surface area (Å²) in [4.78, 5) is 0. The smallest absolute Gasteiger partial charge is 0.0459 e. The fourth-order valence-electron chi connectivity index (χ4n) is 4.40. The van der Waals surface area contributed by atoms with E-state index in [4.69, 9.17) is 0 Å². The van der Waals surface area contributed by atoms with Crippen LogP contribution in [-0.2, 0) is 0 Å². The molecule has 1 aliphatic heterocycles. The van der Waals surface area contributed by atoms with Crippen LogP contribution in [0.15, 0.2) is 115 Å². The Morgan fingerprint density at radius 1 is 0.625 bits per heavy atom. The lowest BCUT2D eigenvalue weighted by atomic mass is 9.93. The van der Waals surface area contributed by atoms with Gasteiger partial charge in [0.25, 0.3) is 0 Å². The topological polar surface area (TPSA) is 12.0 Å². The van der Waals surface area contributed by atoms with E-state index in [0.29, 0.717) is 0 Å². The normalized spacial score (nSPS) is 16.8. The van der Waals surface area contributed by atoms with Gasteiger partial charge in [0, 0.05) is 43.2 Å². The summed E-state index contributed by atoms with van der Waals surface area (Å²) in [7, 11) is 0. The van der Waals surface area contributed by atoms with Gasteiger partial charge in [-0.1, -0.05) is 91.0 Å². The van der Waals surface area contributed by atoms with E-state index in [2.05, 4.69) is 121 Å². The van der Waals surface area contributed by atoms with E-state index in [1.165, 1.54) is 48.0 Å². The highest BCUT2D eigenvalue weighted by molar-refractivity contribution is 7.26. The van der Waals surface area contributed by atoms with Crippen LogP contribution in [0.3, 0.4) is 0 Å². The van der Waals surface area contributed by atoms with Crippen molar-refractivity contribution >= 4 is 48.8 Å². The van der Waals surface area contributed by atoms with Crippen molar-refractivity contribution in [1.29, 1.82) is 0 Å². The molecule has 2 heterocycles. The molecule has 0 fully saturated rings. The van der Waals surface area contributed by atoms with Crippen LogP contribution in [0.4, 0.5) is 5.69 Å². The third kappa shape index (κ3) is 3.26. The number of rotatable bonds is 1. The Morgan fingerprint density at radius 3 is 2.38 bits per heavy atom. The molecule has 5 aromatic rings. The molecule has 0 spiro atoms. The SMILES string of the molecule is C1=C\C(c2ccccc2)=C/c2c(ccc3c2sc2ccccc23)-c2ccccc2N/C=C/1. The highest BCUT2D eigenvalue weighted by Crippen LogP contribution is 2.43. The number of allylic oxidation sites excluding steroid dienone is 4. The number of fused-ring (bicyclic) bond motifs is 7. The Kier molecular flexibility index (Phi) is 4.71. The number of thiophene rings is 1. The molecule has 2 heteroatoms. The van der Waals surface area contributed by atoms with Crippen LogP contribution in [0.2, 0.25) is 0 Å². The van der Waals surface area contributed by atoms with Gasteiger partial charge in [0.2, 0.25) is 0 Å². The Morgan fingerprint density at radius 2 is 1.44 bits per heavy atom. The highest BCUT2D eigenvalue weighted by atomic mass is 32.1. The van der Waals surface area contributed by atoms with Gasteiger partial charge in [-0.05, 0) is 41.0 Å². The zero-order chi connectivity index (χ0) is 21.3. The minimum absolute atomic E-state index is 1.11. The van der Waals surface area contributed by atoms with E-state index in [1.54, 1.807) is 0 Å². The molecule has 0 aliphatic carbocycles. The van der Waals surface area contributed by atoms with Crippen molar-refractivity contribution in [3.05, 3.63) is 127 Å². The molecule has 1 aliphatic rings. The molecule has 32 heavy (non-hydrogen) atoms. The third-order valence-electron chi connectivity index (χ3n) is 5.93. The van der Waals surface area contributed by atoms with E-state index >= 15 is 0 Å². The highest BCUT2D eigenvalue weighted by Gasteiger charge is 2.15. The lowest BCUT2D eigenvalue weighted by molar-refractivity contribution is 1.56. The molecule has 0 radical (unpaired) electrons. The number of hydrogen-bond donors (Lipinski definition) is 1. The lowest BCUT2D eigenvalue weighted by Crippen LogP contribution is -1.93. The average Bonchev–Trinajstić information content (AvgIpc) is 3.21. The summed E-state index contributed by atoms with van der Waals surface area (Å²) in [6.07, 6.45) is 10.7. The molecule has 0 amide bonds. The average molecular weight is 428 g/mol. The summed E-state index contributed by atoms with van der Waals surface area (Å²) in [5.41, 5.74) is 7.22. The van der Waals surface area contributed by atoms with Crippen molar-refractivity contribution < 1.29 is 0 Å². The van der Waals surface area contributed by atoms with Crippen LogP contribution < -0.4 is 5.32 Å². The fraction of sp³-hybridized carbons (Fsp3) is 0. The predicted octanol–water partition coefficient (Wildman–Crippen LogP) is 8.76. The van der Waals surface area contributed by atoms with Crippen molar-refractivity contribution in [3.63, 3.8) is 0 Å². The Hall–Kier alpha value is -3.88. The number of hydrogen-bond acceptors (Lipinski definition) is 2. The first-order chi connectivity index (χ1) is 15.9. The summed E-state index contributed by atoms with van der Waals surface area (Å²) in [6.45, 7) is 0. The fourth-order valence-corrected chi connectivity index (χ4v) is 5.62. The first-order valence-electron chi connectivity index (χ1n) is 10.8. The second-order valence-corrected chi connectivity index (χ2v) is 8.93. The molecule has 0 saturated carbocycles. The number of nitrogens with one attached hydrogen (secondary N) is 1. The first-order valence-corrected chi connectivity index (χ1v) is 11.6. The summed E-state index contributed by atoms with van der Waals surface area (Å²) in [5.74, 6) is 0. The molecule has 0 bridgehead atoms. The maximum Gasteiger partial charge on any atom is 0.0459 e. The Balaban J connectivity index is 1.74. The van der Waals surface area contributed by atoms with Crippen LogP contribution >= 0.6 is 11.3 Å². The largest absolute Gasteiger partial charge is 0.361 e. The van der Waals surface area contributed by atoms with Crippen LogP contribution in [0.1, 0.15) is 11.1 Å². The molecule has 0 atom stereocenters. The molecule has 152 valence electrons. The maximum atomic E-state index is 3.48. The van der Waals surface area contributed by atoms with Gasteiger partial charge in [-0.3, -0.25) is 0 Å². The van der Waals surface area contributed by atoms with E-state index in [0.717, 1.165) is 5.69 Å². The van der Waals surface area contributed by atoms with Gasteiger partial charge >= 0.3 is 0 Å². The van der Waals surface area contributed by atoms with Crippen LogP contribution in [-0.4, -0.2) is 0 Å². The van der Waals surface area contributed by atoms with E-state index in [1.807, 2.05) is 17.5 Å². The van der Waals surface area contributed by atoms with Crippen molar-refractivity contribution in [2.45, 2.75) is 0 Å². The van der Waals surface area contributed by atoms with E-state index < -0.39 is 0 Å². The second-order valence-electron chi connectivity index (χ2n) is 7.88. The van der Waals surface area contributed by atoms with Crippen LogP contribution in [0, 0.1) is 0 Å². The molecule has 1 aromatic heterocycles. The lowest BCUT2D eigenvalue weighted by Gasteiger charge is -2.14. The van der Waals surface area contributed by atoms with Gasteiger partial charge in [-0.25, -0.2) is 0 Å². The molecular weight excluding hydrogens is 406 g/mol. The van der Waals surface area contributed by atoms with Crippen molar-refractivity contribution in [1.82, 2.24) is 0 Å². The number of benzene rings is 4. The molecule has 1 nitrogen and oxygen atoms in total. The van der Waals surface area contributed by atoms with Gasteiger partial charge in [0.15, 0.2) is 0 Å². The quantitative estimate of drug-likeness (QED) is 0.282. The minimum atomic E-state index is 1.11. The zero-order valence-corrected chi connectivity index (χ0v) is 18.3. The second kappa shape index (κ2) is 7.99. The Labute approximate surface area is 191 Å². The van der Waals surface area contributed by atoms with Gasteiger partial charge in [0.05, 0.1) is 0 Å². The molecule has 1 N–H and O–H groups in total. The number of para-hydroxylation sites is 1. The minimum Gasteiger partial charge on any atom is -0.361 e. The predicted molar refractivity (Wildman–Crippen MR) is 141 cm³/mol. The third-order valence-corrected chi connectivity index (χ3v) is 7.15. The maximum absolute atomic E-state index is 3.48. The van der Waals surface area contributed by atoms with E-state index in [-0.39, 0.29) is 0 Å². The van der Waals surface area contributed by atoms with E-state index in [9.17, 15) is 0 Å². The zero-order valence-electron chi connectivity index (χ0n) is 17.5.